The fraction of sp³-hybridized carbons (Fsp3) is 0.0889. The van der Waals surface area contributed by atoms with Crippen molar-refractivity contribution in [1.82, 2.24) is 4.98 Å². The van der Waals surface area contributed by atoms with Gasteiger partial charge < -0.3 is 0 Å². The smallest absolute Gasteiger partial charge is 0.0667 e. The van der Waals surface area contributed by atoms with Gasteiger partial charge in [0.25, 0.3) is 0 Å². The van der Waals surface area contributed by atoms with Crippen LogP contribution in [-0.2, 0) is 0 Å². The molecule has 0 amide bonds. The maximum Gasteiger partial charge on any atom is 0.0667 e. The molecule has 1 heteroatoms. The molecular formula is C45H33N. The van der Waals surface area contributed by atoms with Gasteiger partial charge >= 0.3 is 0 Å². The van der Waals surface area contributed by atoms with E-state index in [4.69, 9.17) is 4.98 Å². The molecule has 0 spiro atoms. The summed E-state index contributed by atoms with van der Waals surface area (Å²) in [5.74, 6) is 0.609. The highest BCUT2D eigenvalue weighted by atomic mass is 14.7. The molecule has 1 aromatic heterocycles. The Balaban J connectivity index is 1.21. The van der Waals surface area contributed by atoms with E-state index in [1.54, 1.807) is 0 Å². The van der Waals surface area contributed by atoms with Crippen LogP contribution in [0.25, 0.3) is 71.3 Å². The molecule has 1 atom stereocenters. The maximum absolute atomic E-state index is 4.83. The fourth-order valence-electron chi connectivity index (χ4n) is 7.76. The second-order valence-corrected chi connectivity index (χ2v) is 12.6. The summed E-state index contributed by atoms with van der Waals surface area (Å²) in [6, 6.07) is 46.8. The van der Waals surface area contributed by atoms with Gasteiger partial charge in [0.15, 0.2) is 0 Å². The molecule has 218 valence electrons. The first kappa shape index (κ1) is 26.8. The molecule has 46 heavy (non-hydrogen) atoms. The minimum atomic E-state index is 0.609. The number of benzene rings is 6. The number of pyridine rings is 1. The lowest BCUT2D eigenvalue weighted by molar-refractivity contribution is 0.572. The van der Waals surface area contributed by atoms with Gasteiger partial charge in [-0.15, -0.1) is 0 Å². The average molecular weight is 588 g/mol. The summed E-state index contributed by atoms with van der Waals surface area (Å²) in [4.78, 5) is 4.83. The maximum atomic E-state index is 4.83. The lowest BCUT2D eigenvalue weighted by Crippen LogP contribution is -2.10. The lowest BCUT2D eigenvalue weighted by atomic mass is 9.80. The molecule has 9 rings (SSSR count). The normalized spacial score (nSPS) is 16.0. The third kappa shape index (κ3) is 4.51. The van der Waals surface area contributed by atoms with Crippen LogP contribution in [0.1, 0.15) is 25.0 Å². The van der Waals surface area contributed by atoms with Crippen molar-refractivity contribution in [2.24, 2.45) is 5.92 Å². The highest BCUT2D eigenvalue weighted by Gasteiger charge is 2.22. The molecular weight excluding hydrogens is 555 g/mol. The Kier molecular flexibility index (Phi) is 6.49. The van der Waals surface area contributed by atoms with E-state index >= 15 is 0 Å². The average Bonchev–Trinajstić information content (AvgIpc) is 3.13. The predicted octanol–water partition coefficient (Wildman–Crippen LogP) is 12.2. The summed E-state index contributed by atoms with van der Waals surface area (Å²) in [5, 5.41) is 7.64. The highest BCUT2D eigenvalue weighted by Crippen LogP contribution is 2.46. The van der Waals surface area contributed by atoms with Crippen LogP contribution in [0.3, 0.4) is 0 Å². The van der Waals surface area contributed by atoms with Gasteiger partial charge in [-0.25, -0.2) is 0 Å². The molecule has 1 unspecified atom stereocenters. The first-order chi connectivity index (χ1) is 22.8. The molecule has 0 bridgehead atoms. The Labute approximate surface area is 269 Å². The molecule has 1 nitrogen and oxygen atoms in total. The number of allylic oxidation sites excluding steroid dienone is 6. The van der Waals surface area contributed by atoms with Crippen LogP contribution in [0.15, 0.2) is 163 Å². The number of fused-ring (bicyclic) bond motifs is 4. The molecule has 0 radical (unpaired) electrons. The Morgan fingerprint density at radius 1 is 0.543 bits per heavy atom. The van der Waals surface area contributed by atoms with Gasteiger partial charge in [-0.05, 0) is 120 Å². The molecule has 2 aliphatic carbocycles. The number of rotatable bonds is 4. The van der Waals surface area contributed by atoms with Gasteiger partial charge in [-0.3, -0.25) is 4.98 Å². The van der Waals surface area contributed by atoms with E-state index < -0.39 is 0 Å². The standard InChI is InChI=1S/C45H33N/c1-2-13-32-27-35(24-23-30(32)11-1)43-29-34(25-26-46-43)33-15-9-16-36(28-33)44-39-18-5-7-20-41(39)45(42-21-8-6-19-40(42)44)38-22-10-14-31-12-3-4-17-37(31)38/h1,3-12,14-26,28-29,32H,2,13,27H2. The zero-order valence-corrected chi connectivity index (χ0v) is 25.7. The SMILES string of the molecule is C1=CC2=CC=C(c3cc(-c4cccc(-c5c6ccccc6c(-c6cccc7ccccc67)c6ccccc56)c4)ccn3)CC2CC1. The van der Waals surface area contributed by atoms with Crippen molar-refractivity contribution < 1.29 is 0 Å². The van der Waals surface area contributed by atoms with Crippen LogP contribution in [-0.4, -0.2) is 4.98 Å². The number of hydrogen-bond donors (Lipinski definition) is 0. The third-order valence-corrected chi connectivity index (χ3v) is 9.97. The predicted molar refractivity (Wildman–Crippen MR) is 196 cm³/mol. The molecule has 7 aromatic rings. The quantitative estimate of drug-likeness (QED) is 0.187. The van der Waals surface area contributed by atoms with Gasteiger partial charge in [0.1, 0.15) is 0 Å². The Morgan fingerprint density at radius 2 is 1.20 bits per heavy atom. The Hall–Kier alpha value is -5.53. The van der Waals surface area contributed by atoms with E-state index in [2.05, 4.69) is 152 Å². The van der Waals surface area contributed by atoms with Gasteiger partial charge in [-0.1, -0.05) is 133 Å². The largest absolute Gasteiger partial charge is 0.257 e. The number of aromatic nitrogens is 1. The zero-order valence-electron chi connectivity index (χ0n) is 25.7. The second kappa shape index (κ2) is 11.1. The summed E-state index contributed by atoms with van der Waals surface area (Å²) in [6.45, 7) is 0. The third-order valence-electron chi connectivity index (χ3n) is 9.97. The molecule has 0 fully saturated rings. The van der Waals surface area contributed by atoms with Crippen molar-refractivity contribution in [2.45, 2.75) is 19.3 Å². The molecule has 0 saturated heterocycles. The second-order valence-electron chi connectivity index (χ2n) is 12.6. The van der Waals surface area contributed by atoms with Gasteiger partial charge in [0, 0.05) is 6.20 Å². The van der Waals surface area contributed by atoms with Crippen molar-refractivity contribution >= 4 is 37.9 Å². The molecule has 6 aromatic carbocycles. The van der Waals surface area contributed by atoms with Crippen molar-refractivity contribution in [3.63, 3.8) is 0 Å². The first-order valence-corrected chi connectivity index (χ1v) is 16.4. The van der Waals surface area contributed by atoms with Crippen LogP contribution < -0.4 is 0 Å². The minimum absolute atomic E-state index is 0.609. The van der Waals surface area contributed by atoms with Crippen LogP contribution >= 0.6 is 0 Å². The van der Waals surface area contributed by atoms with Gasteiger partial charge in [0.2, 0.25) is 0 Å². The van der Waals surface area contributed by atoms with E-state index in [0.29, 0.717) is 5.92 Å². The Bertz CT molecular complexity index is 2340. The number of nitrogens with zero attached hydrogens (tertiary/aromatic N) is 1. The first-order valence-electron chi connectivity index (χ1n) is 16.4. The van der Waals surface area contributed by atoms with Crippen molar-refractivity contribution in [3.05, 3.63) is 169 Å². The number of hydrogen-bond acceptors (Lipinski definition) is 1. The summed E-state index contributed by atoms with van der Waals surface area (Å²) in [7, 11) is 0. The molecule has 1 heterocycles. The van der Waals surface area contributed by atoms with Crippen molar-refractivity contribution in [3.8, 4) is 33.4 Å². The van der Waals surface area contributed by atoms with E-state index in [1.807, 2.05) is 6.20 Å². The lowest BCUT2D eigenvalue weighted by Gasteiger charge is -2.25. The monoisotopic (exact) mass is 587 g/mol. The summed E-state index contributed by atoms with van der Waals surface area (Å²) >= 11 is 0. The van der Waals surface area contributed by atoms with Crippen molar-refractivity contribution in [1.29, 1.82) is 0 Å². The minimum Gasteiger partial charge on any atom is -0.257 e. The van der Waals surface area contributed by atoms with E-state index in [1.165, 1.54) is 89.7 Å². The summed E-state index contributed by atoms with van der Waals surface area (Å²) in [6.07, 6.45) is 14.6. The van der Waals surface area contributed by atoms with Crippen LogP contribution in [0, 0.1) is 5.92 Å². The summed E-state index contributed by atoms with van der Waals surface area (Å²) in [5.41, 5.74) is 11.4. The zero-order chi connectivity index (χ0) is 30.5. The summed E-state index contributed by atoms with van der Waals surface area (Å²) < 4.78 is 0. The molecule has 0 N–H and O–H groups in total. The molecule has 0 aliphatic heterocycles. The molecule has 0 saturated carbocycles. The fourth-order valence-corrected chi connectivity index (χ4v) is 7.76. The topological polar surface area (TPSA) is 12.9 Å². The van der Waals surface area contributed by atoms with Crippen molar-refractivity contribution in [2.75, 3.05) is 0 Å². The van der Waals surface area contributed by atoms with E-state index in [9.17, 15) is 0 Å². The molecule has 2 aliphatic rings. The van der Waals surface area contributed by atoms with Crippen LogP contribution in [0.2, 0.25) is 0 Å². The van der Waals surface area contributed by atoms with E-state index in [0.717, 1.165) is 12.1 Å². The van der Waals surface area contributed by atoms with Gasteiger partial charge in [-0.2, -0.15) is 0 Å². The van der Waals surface area contributed by atoms with Gasteiger partial charge in [0.05, 0.1) is 5.69 Å². The highest BCUT2D eigenvalue weighted by molar-refractivity contribution is 6.23. The Morgan fingerprint density at radius 3 is 2.00 bits per heavy atom. The van der Waals surface area contributed by atoms with Crippen LogP contribution in [0.5, 0.6) is 0 Å². The van der Waals surface area contributed by atoms with Crippen LogP contribution in [0.4, 0.5) is 0 Å². The van der Waals surface area contributed by atoms with E-state index in [-0.39, 0.29) is 0 Å².